The highest BCUT2D eigenvalue weighted by Gasteiger charge is 2.23. The Morgan fingerprint density at radius 2 is 2.05 bits per heavy atom. The van der Waals surface area contributed by atoms with Gasteiger partial charge in [-0.3, -0.25) is 9.78 Å². The predicted octanol–water partition coefficient (Wildman–Crippen LogP) is 1.69. The molecule has 1 aromatic heterocycles. The van der Waals surface area contributed by atoms with Gasteiger partial charge in [0.1, 0.15) is 5.75 Å². The molecule has 21 heavy (non-hydrogen) atoms. The predicted molar refractivity (Wildman–Crippen MR) is 80.1 cm³/mol. The van der Waals surface area contributed by atoms with E-state index in [-0.39, 0.29) is 5.91 Å². The van der Waals surface area contributed by atoms with Gasteiger partial charge in [0, 0.05) is 24.3 Å². The fourth-order valence-electron chi connectivity index (χ4n) is 2.17. The molecule has 2 saturated carbocycles. The van der Waals surface area contributed by atoms with Crippen LogP contribution in [-0.2, 0) is 11.3 Å². The number of pyridine rings is 1. The third kappa shape index (κ3) is 4.70. The lowest BCUT2D eigenvalue weighted by atomic mass is 10.2. The van der Waals surface area contributed by atoms with Gasteiger partial charge < -0.3 is 15.4 Å². The maximum atomic E-state index is 11.6. The number of rotatable bonds is 8. The topological polar surface area (TPSA) is 63.2 Å². The van der Waals surface area contributed by atoms with Crippen molar-refractivity contribution in [2.45, 2.75) is 57.7 Å². The normalized spacial score (nSPS) is 17.6. The minimum absolute atomic E-state index is 0.0789. The number of ether oxygens (including phenoxy) is 1. The van der Waals surface area contributed by atoms with Crippen molar-refractivity contribution in [2.75, 3.05) is 6.61 Å². The number of carbonyl (C=O) groups excluding carboxylic acids is 1. The first-order valence-corrected chi connectivity index (χ1v) is 7.83. The number of hydrogen-bond acceptors (Lipinski definition) is 4. The lowest BCUT2D eigenvalue weighted by Gasteiger charge is -2.12. The van der Waals surface area contributed by atoms with Gasteiger partial charge in [0.2, 0.25) is 5.91 Å². The molecule has 5 nitrogen and oxygen atoms in total. The highest BCUT2D eigenvalue weighted by atomic mass is 16.5. The zero-order valence-electron chi connectivity index (χ0n) is 12.5. The Morgan fingerprint density at radius 3 is 2.76 bits per heavy atom. The molecule has 1 aromatic rings. The summed E-state index contributed by atoms with van der Waals surface area (Å²) in [5, 5.41) is 6.42. The maximum Gasteiger partial charge on any atom is 0.223 e. The van der Waals surface area contributed by atoms with Gasteiger partial charge in [-0.2, -0.15) is 0 Å². The van der Waals surface area contributed by atoms with Crippen LogP contribution >= 0.6 is 0 Å². The quantitative estimate of drug-likeness (QED) is 0.764. The van der Waals surface area contributed by atoms with Crippen LogP contribution in [0.4, 0.5) is 0 Å². The number of aryl methyl sites for hydroxylation is 1. The fraction of sp³-hybridized carbons (Fsp3) is 0.625. The van der Waals surface area contributed by atoms with E-state index in [1.165, 1.54) is 12.8 Å². The molecule has 114 valence electrons. The van der Waals surface area contributed by atoms with Crippen molar-refractivity contribution in [3.05, 3.63) is 23.5 Å². The van der Waals surface area contributed by atoms with Crippen molar-refractivity contribution in [3.63, 3.8) is 0 Å². The van der Waals surface area contributed by atoms with Crippen molar-refractivity contribution < 1.29 is 9.53 Å². The molecule has 2 aliphatic carbocycles. The Bertz CT molecular complexity index is 510. The van der Waals surface area contributed by atoms with Gasteiger partial charge >= 0.3 is 0 Å². The number of nitrogens with one attached hydrogen (secondary N) is 2. The van der Waals surface area contributed by atoms with Crippen LogP contribution < -0.4 is 15.4 Å². The molecule has 2 fully saturated rings. The largest absolute Gasteiger partial charge is 0.491 e. The van der Waals surface area contributed by atoms with E-state index in [4.69, 9.17) is 4.74 Å². The zero-order valence-corrected chi connectivity index (χ0v) is 12.5. The molecule has 0 unspecified atom stereocenters. The summed E-state index contributed by atoms with van der Waals surface area (Å²) < 4.78 is 5.75. The molecule has 0 saturated heterocycles. The molecule has 0 aliphatic heterocycles. The highest BCUT2D eigenvalue weighted by molar-refractivity contribution is 5.76. The first-order valence-electron chi connectivity index (χ1n) is 7.83. The Labute approximate surface area is 125 Å². The second-order valence-electron chi connectivity index (χ2n) is 5.99. The van der Waals surface area contributed by atoms with Crippen LogP contribution in [0.2, 0.25) is 0 Å². The molecule has 0 bridgehead atoms. The summed E-state index contributed by atoms with van der Waals surface area (Å²) in [6.07, 6.45) is 5.14. The Kier molecular flexibility index (Phi) is 4.39. The Hall–Kier alpha value is -1.62. The molecule has 0 radical (unpaired) electrons. The first-order chi connectivity index (χ1) is 10.2. The first kappa shape index (κ1) is 14.3. The van der Waals surface area contributed by atoms with Gasteiger partial charge in [-0.25, -0.2) is 0 Å². The third-order valence-electron chi connectivity index (χ3n) is 3.74. The summed E-state index contributed by atoms with van der Waals surface area (Å²) in [5.74, 6) is 0.864. The van der Waals surface area contributed by atoms with Crippen LogP contribution in [0.1, 0.15) is 43.5 Å². The summed E-state index contributed by atoms with van der Waals surface area (Å²) in [4.78, 5) is 16.2. The van der Waals surface area contributed by atoms with Crippen LogP contribution in [0.5, 0.6) is 5.75 Å². The molecule has 0 atom stereocenters. The van der Waals surface area contributed by atoms with E-state index >= 15 is 0 Å². The van der Waals surface area contributed by atoms with E-state index in [9.17, 15) is 4.79 Å². The molecule has 1 heterocycles. The van der Waals surface area contributed by atoms with Gasteiger partial charge in [-0.1, -0.05) is 0 Å². The number of amides is 1. The van der Waals surface area contributed by atoms with Gasteiger partial charge in [0.15, 0.2) is 0 Å². The van der Waals surface area contributed by atoms with Gasteiger partial charge in [0.05, 0.1) is 18.7 Å². The highest BCUT2D eigenvalue weighted by Crippen LogP contribution is 2.22. The fourth-order valence-corrected chi connectivity index (χ4v) is 2.17. The average Bonchev–Trinajstić information content (AvgIpc) is 3.33. The molecule has 2 aliphatic rings. The van der Waals surface area contributed by atoms with Crippen molar-refractivity contribution >= 4 is 5.91 Å². The molecular weight excluding hydrogens is 266 g/mol. The maximum absolute atomic E-state index is 11.6. The van der Waals surface area contributed by atoms with E-state index in [0.29, 0.717) is 25.1 Å². The molecule has 0 aromatic carbocycles. The number of hydrogen-bond donors (Lipinski definition) is 2. The number of nitrogens with zero attached hydrogens (tertiary/aromatic N) is 1. The third-order valence-corrected chi connectivity index (χ3v) is 3.74. The van der Waals surface area contributed by atoms with Crippen molar-refractivity contribution in [3.8, 4) is 5.75 Å². The standard InChI is InChI=1S/C16H23N3O2/c1-11-2-7-15(14(18-11)10-17-12-3-4-12)21-9-8-16(20)19-13-5-6-13/h2,7,12-13,17H,3-6,8-10H2,1H3,(H,19,20). The molecular formula is C16H23N3O2. The summed E-state index contributed by atoms with van der Waals surface area (Å²) in [5.41, 5.74) is 1.92. The average molecular weight is 289 g/mol. The summed E-state index contributed by atoms with van der Waals surface area (Å²) in [6.45, 7) is 3.11. The second kappa shape index (κ2) is 6.43. The summed E-state index contributed by atoms with van der Waals surface area (Å²) in [6, 6.07) is 4.95. The van der Waals surface area contributed by atoms with E-state index in [0.717, 1.165) is 36.5 Å². The van der Waals surface area contributed by atoms with Crippen molar-refractivity contribution in [1.82, 2.24) is 15.6 Å². The Morgan fingerprint density at radius 1 is 1.29 bits per heavy atom. The van der Waals surface area contributed by atoms with Crippen LogP contribution in [-0.4, -0.2) is 29.6 Å². The van der Waals surface area contributed by atoms with Crippen LogP contribution in [0, 0.1) is 6.92 Å². The molecule has 2 N–H and O–H groups in total. The van der Waals surface area contributed by atoms with Crippen LogP contribution in [0.25, 0.3) is 0 Å². The van der Waals surface area contributed by atoms with Crippen molar-refractivity contribution in [2.24, 2.45) is 0 Å². The van der Waals surface area contributed by atoms with Gasteiger partial charge in [-0.05, 0) is 44.7 Å². The Balaban J connectivity index is 1.49. The lowest BCUT2D eigenvalue weighted by molar-refractivity contribution is -0.121. The van der Waals surface area contributed by atoms with Crippen LogP contribution in [0.15, 0.2) is 12.1 Å². The molecule has 1 amide bonds. The van der Waals surface area contributed by atoms with Crippen LogP contribution in [0.3, 0.4) is 0 Å². The van der Waals surface area contributed by atoms with E-state index < -0.39 is 0 Å². The number of aromatic nitrogens is 1. The molecule has 0 spiro atoms. The molecule has 3 rings (SSSR count). The number of carbonyl (C=O) groups is 1. The van der Waals surface area contributed by atoms with E-state index in [1.54, 1.807) is 0 Å². The van der Waals surface area contributed by atoms with Gasteiger partial charge in [-0.15, -0.1) is 0 Å². The SMILES string of the molecule is Cc1ccc(OCCC(=O)NC2CC2)c(CNC2CC2)n1. The minimum atomic E-state index is 0.0789. The summed E-state index contributed by atoms with van der Waals surface area (Å²) >= 11 is 0. The second-order valence-corrected chi connectivity index (χ2v) is 5.99. The smallest absolute Gasteiger partial charge is 0.223 e. The van der Waals surface area contributed by atoms with Crippen molar-refractivity contribution in [1.29, 1.82) is 0 Å². The lowest BCUT2D eigenvalue weighted by Crippen LogP contribution is -2.26. The minimum Gasteiger partial charge on any atom is -0.491 e. The van der Waals surface area contributed by atoms with Gasteiger partial charge in [0.25, 0.3) is 0 Å². The van der Waals surface area contributed by atoms with E-state index in [1.807, 2.05) is 19.1 Å². The monoisotopic (exact) mass is 289 g/mol. The molecule has 5 heteroatoms. The zero-order chi connectivity index (χ0) is 14.7. The van der Waals surface area contributed by atoms with E-state index in [2.05, 4.69) is 15.6 Å². The summed E-state index contributed by atoms with van der Waals surface area (Å²) in [7, 11) is 0.